The van der Waals surface area contributed by atoms with Crippen molar-refractivity contribution in [3.05, 3.63) is 0 Å². The Morgan fingerprint density at radius 3 is 2.33 bits per heavy atom. The largest absolute Gasteiger partial charge is 0.481 e. The Bertz CT molecular complexity index is 341. The first-order valence-electron chi connectivity index (χ1n) is 6.14. The van der Waals surface area contributed by atoms with Gasteiger partial charge in [-0.25, -0.2) is 0 Å². The van der Waals surface area contributed by atoms with E-state index in [0.29, 0.717) is 19.3 Å². The van der Waals surface area contributed by atoms with E-state index in [0.717, 1.165) is 0 Å². The van der Waals surface area contributed by atoms with Gasteiger partial charge in [-0.3, -0.25) is 14.4 Å². The van der Waals surface area contributed by atoms with Gasteiger partial charge in [0.05, 0.1) is 11.8 Å². The van der Waals surface area contributed by atoms with Crippen LogP contribution in [0.15, 0.2) is 0 Å². The Morgan fingerprint density at radius 2 is 1.78 bits per heavy atom. The van der Waals surface area contributed by atoms with Crippen LogP contribution in [0.4, 0.5) is 0 Å². The zero-order chi connectivity index (χ0) is 13.7. The molecule has 1 fully saturated rings. The van der Waals surface area contributed by atoms with Gasteiger partial charge in [0.25, 0.3) is 0 Å². The van der Waals surface area contributed by atoms with Crippen molar-refractivity contribution in [3.8, 4) is 0 Å². The second-order valence-electron chi connectivity index (χ2n) is 4.92. The summed E-state index contributed by atoms with van der Waals surface area (Å²) in [6.07, 6.45) is 1.48. The number of carbonyl (C=O) groups excluding carboxylic acids is 1. The maximum atomic E-state index is 11.8. The summed E-state index contributed by atoms with van der Waals surface area (Å²) >= 11 is 0. The van der Waals surface area contributed by atoms with Crippen LogP contribution in [-0.4, -0.2) is 34.6 Å². The van der Waals surface area contributed by atoms with Crippen LogP contribution in [0, 0.1) is 17.8 Å². The molecule has 1 aliphatic carbocycles. The maximum absolute atomic E-state index is 11.8. The fraction of sp³-hybridized carbons (Fsp3) is 0.750. The van der Waals surface area contributed by atoms with Crippen LogP contribution < -0.4 is 5.32 Å². The van der Waals surface area contributed by atoms with E-state index in [1.807, 2.05) is 6.92 Å². The van der Waals surface area contributed by atoms with Crippen molar-refractivity contribution in [1.82, 2.24) is 5.32 Å². The SMILES string of the molecule is CC1C[C@H](C(=O)NCCCC(=O)O)[C@H](C(=O)O)C1. The average Bonchev–Trinajstić information content (AvgIpc) is 2.66. The Balaban J connectivity index is 2.40. The summed E-state index contributed by atoms with van der Waals surface area (Å²) in [5, 5.41) is 20.1. The summed E-state index contributed by atoms with van der Waals surface area (Å²) in [5.74, 6) is -2.95. The molecule has 0 aromatic carbocycles. The third-order valence-electron chi connectivity index (χ3n) is 3.32. The molecule has 6 heteroatoms. The predicted octanol–water partition coefficient (Wildman–Crippen LogP) is 0.714. The van der Waals surface area contributed by atoms with Gasteiger partial charge in [-0.1, -0.05) is 6.92 Å². The molecule has 0 aliphatic heterocycles. The van der Waals surface area contributed by atoms with Crippen LogP contribution in [0.5, 0.6) is 0 Å². The number of carbonyl (C=O) groups is 3. The zero-order valence-electron chi connectivity index (χ0n) is 10.4. The minimum atomic E-state index is -0.926. The highest BCUT2D eigenvalue weighted by Crippen LogP contribution is 2.36. The highest BCUT2D eigenvalue weighted by molar-refractivity contribution is 5.85. The Hall–Kier alpha value is -1.59. The molecular formula is C12H19NO5. The number of aliphatic carboxylic acids is 2. The average molecular weight is 257 g/mol. The van der Waals surface area contributed by atoms with Crippen LogP contribution in [-0.2, 0) is 14.4 Å². The number of hydrogen-bond acceptors (Lipinski definition) is 3. The molecule has 3 atom stereocenters. The van der Waals surface area contributed by atoms with E-state index in [-0.39, 0.29) is 24.8 Å². The minimum Gasteiger partial charge on any atom is -0.481 e. The van der Waals surface area contributed by atoms with Gasteiger partial charge in [-0.15, -0.1) is 0 Å². The minimum absolute atomic E-state index is 0.00368. The van der Waals surface area contributed by atoms with Gasteiger partial charge in [-0.05, 0) is 25.2 Å². The summed E-state index contributed by atoms with van der Waals surface area (Å²) < 4.78 is 0. The van der Waals surface area contributed by atoms with E-state index in [2.05, 4.69) is 5.32 Å². The Kier molecular flexibility index (Phi) is 5.12. The molecule has 0 saturated heterocycles. The molecule has 102 valence electrons. The molecule has 0 radical (unpaired) electrons. The molecule has 1 unspecified atom stereocenters. The number of carboxylic acid groups (broad SMARTS) is 2. The summed E-state index contributed by atoms with van der Waals surface area (Å²) in [5.41, 5.74) is 0. The molecule has 0 spiro atoms. The van der Waals surface area contributed by atoms with Crippen molar-refractivity contribution in [2.45, 2.75) is 32.6 Å². The molecule has 6 nitrogen and oxygen atoms in total. The molecule has 1 amide bonds. The van der Waals surface area contributed by atoms with E-state index >= 15 is 0 Å². The summed E-state index contributed by atoms with van der Waals surface area (Å²) in [6.45, 7) is 2.22. The lowest BCUT2D eigenvalue weighted by Crippen LogP contribution is -2.35. The normalized spacial score (nSPS) is 26.8. The van der Waals surface area contributed by atoms with Gasteiger partial charge in [0.1, 0.15) is 0 Å². The highest BCUT2D eigenvalue weighted by Gasteiger charge is 2.40. The number of carboxylic acids is 2. The first-order valence-corrected chi connectivity index (χ1v) is 6.14. The molecule has 1 saturated carbocycles. The number of hydrogen-bond donors (Lipinski definition) is 3. The standard InChI is InChI=1S/C12H19NO5/c1-7-5-8(9(6-7)12(17)18)11(16)13-4-2-3-10(14)15/h7-9H,2-6H2,1H3,(H,13,16)(H,14,15)(H,17,18)/t7?,8-,9+/m0/s1. The Morgan fingerprint density at radius 1 is 1.17 bits per heavy atom. The molecule has 3 N–H and O–H groups in total. The first-order chi connectivity index (χ1) is 8.41. The van der Waals surface area contributed by atoms with Gasteiger partial charge < -0.3 is 15.5 Å². The quantitative estimate of drug-likeness (QED) is 0.608. The number of rotatable bonds is 6. The summed E-state index contributed by atoms with van der Waals surface area (Å²) in [4.78, 5) is 33.1. The van der Waals surface area contributed by atoms with E-state index in [1.165, 1.54) is 0 Å². The van der Waals surface area contributed by atoms with Crippen molar-refractivity contribution in [2.75, 3.05) is 6.54 Å². The van der Waals surface area contributed by atoms with Crippen LogP contribution in [0.2, 0.25) is 0 Å². The summed E-state index contributed by atoms with van der Waals surface area (Å²) in [6, 6.07) is 0. The molecular weight excluding hydrogens is 238 g/mol. The Labute approximate surface area is 105 Å². The third kappa shape index (κ3) is 4.01. The zero-order valence-corrected chi connectivity index (χ0v) is 10.4. The maximum Gasteiger partial charge on any atom is 0.307 e. The lowest BCUT2D eigenvalue weighted by Gasteiger charge is -2.15. The molecule has 18 heavy (non-hydrogen) atoms. The van der Waals surface area contributed by atoms with Gasteiger partial charge in [0.2, 0.25) is 5.91 Å². The van der Waals surface area contributed by atoms with Crippen molar-refractivity contribution in [3.63, 3.8) is 0 Å². The van der Waals surface area contributed by atoms with Gasteiger partial charge in [0.15, 0.2) is 0 Å². The van der Waals surface area contributed by atoms with E-state index < -0.39 is 23.8 Å². The molecule has 1 aliphatic rings. The molecule has 0 aromatic heterocycles. The lowest BCUT2D eigenvalue weighted by molar-refractivity contribution is -0.146. The number of amides is 1. The van der Waals surface area contributed by atoms with E-state index in [4.69, 9.17) is 10.2 Å². The second-order valence-corrected chi connectivity index (χ2v) is 4.92. The van der Waals surface area contributed by atoms with Crippen molar-refractivity contribution in [1.29, 1.82) is 0 Å². The number of nitrogens with one attached hydrogen (secondary N) is 1. The topological polar surface area (TPSA) is 104 Å². The van der Waals surface area contributed by atoms with Crippen LogP contribution in [0.1, 0.15) is 32.6 Å². The van der Waals surface area contributed by atoms with Crippen molar-refractivity contribution >= 4 is 17.8 Å². The summed E-state index contributed by atoms with van der Waals surface area (Å²) in [7, 11) is 0. The fourth-order valence-corrected chi connectivity index (χ4v) is 2.44. The van der Waals surface area contributed by atoms with Crippen LogP contribution in [0.3, 0.4) is 0 Å². The van der Waals surface area contributed by atoms with Gasteiger partial charge >= 0.3 is 11.9 Å². The van der Waals surface area contributed by atoms with Crippen LogP contribution in [0.25, 0.3) is 0 Å². The third-order valence-corrected chi connectivity index (χ3v) is 3.32. The highest BCUT2D eigenvalue weighted by atomic mass is 16.4. The van der Waals surface area contributed by atoms with Crippen LogP contribution >= 0.6 is 0 Å². The van der Waals surface area contributed by atoms with E-state index in [9.17, 15) is 14.4 Å². The first kappa shape index (κ1) is 14.5. The van der Waals surface area contributed by atoms with Crippen molar-refractivity contribution in [2.24, 2.45) is 17.8 Å². The lowest BCUT2D eigenvalue weighted by atomic mass is 9.95. The van der Waals surface area contributed by atoms with E-state index in [1.54, 1.807) is 0 Å². The fourth-order valence-electron chi connectivity index (χ4n) is 2.44. The second kappa shape index (κ2) is 6.37. The smallest absolute Gasteiger partial charge is 0.307 e. The van der Waals surface area contributed by atoms with Crippen molar-refractivity contribution < 1.29 is 24.6 Å². The van der Waals surface area contributed by atoms with Gasteiger partial charge in [-0.2, -0.15) is 0 Å². The monoisotopic (exact) mass is 257 g/mol. The predicted molar refractivity (Wildman–Crippen MR) is 62.9 cm³/mol. The molecule has 0 heterocycles. The van der Waals surface area contributed by atoms with Gasteiger partial charge in [0, 0.05) is 13.0 Å². The molecule has 0 bridgehead atoms. The molecule has 0 aromatic rings. The molecule has 1 rings (SSSR count).